The largest absolute Gasteiger partial charge is 0.399 e. The van der Waals surface area contributed by atoms with Crippen LogP contribution in [0.15, 0.2) is 60.7 Å². The lowest BCUT2D eigenvalue weighted by Crippen LogP contribution is -1.98. The molecule has 150 valence electrons. The van der Waals surface area contributed by atoms with Gasteiger partial charge >= 0.3 is 0 Å². The van der Waals surface area contributed by atoms with Gasteiger partial charge in [-0.25, -0.2) is 0 Å². The normalized spacial score (nSPS) is 12.5. The highest BCUT2D eigenvalue weighted by atomic mass is 32.2. The van der Waals surface area contributed by atoms with Gasteiger partial charge in [0.1, 0.15) is 0 Å². The number of allylic oxidation sites excluding steroid dienone is 3. The smallest absolute Gasteiger partial charge is 0.0314 e. The first kappa shape index (κ1) is 25.3. The Labute approximate surface area is 172 Å². The lowest BCUT2D eigenvalue weighted by molar-refractivity contribution is 0.886. The van der Waals surface area contributed by atoms with Gasteiger partial charge in [0, 0.05) is 17.2 Å². The molecule has 27 heavy (non-hydrogen) atoms. The molecule has 0 heterocycles. The fraction of sp³-hybridized carbons (Fsp3) is 0.440. The molecule has 1 aromatic rings. The highest BCUT2D eigenvalue weighted by Gasteiger charge is 2.09. The van der Waals surface area contributed by atoms with Crippen molar-refractivity contribution in [1.29, 1.82) is 0 Å². The zero-order valence-electron chi connectivity index (χ0n) is 18.1. The minimum Gasteiger partial charge on any atom is -0.399 e. The van der Waals surface area contributed by atoms with E-state index in [4.69, 9.17) is 5.73 Å². The van der Waals surface area contributed by atoms with Crippen molar-refractivity contribution in [3.8, 4) is 0 Å². The van der Waals surface area contributed by atoms with Gasteiger partial charge in [-0.3, -0.25) is 0 Å². The van der Waals surface area contributed by atoms with Crippen molar-refractivity contribution >= 4 is 23.0 Å². The topological polar surface area (TPSA) is 26.0 Å². The summed E-state index contributed by atoms with van der Waals surface area (Å²) in [6, 6.07) is 8.33. The molecule has 0 atom stereocenters. The van der Waals surface area contributed by atoms with E-state index >= 15 is 0 Å². The van der Waals surface area contributed by atoms with Gasteiger partial charge in [0.25, 0.3) is 0 Å². The summed E-state index contributed by atoms with van der Waals surface area (Å²) in [5, 5.41) is 0. The fourth-order valence-corrected chi connectivity index (χ4v) is 3.27. The molecule has 0 spiro atoms. The van der Waals surface area contributed by atoms with Crippen LogP contribution >= 0.6 is 11.8 Å². The second kappa shape index (κ2) is 15.4. The van der Waals surface area contributed by atoms with Gasteiger partial charge in [0.15, 0.2) is 0 Å². The molecule has 1 aromatic carbocycles. The van der Waals surface area contributed by atoms with Gasteiger partial charge < -0.3 is 5.73 Å². The van der Waals surface area contributed by atoms with E-state index in [0.29, 0.717) is 5.70 Å². The number of rotatable bonds is 7. The molecule has 1 nitrogen and oxygen atoms in total. The quantitative estimate of drug-likeness (QED) is 0.483. The number of hydrogen-bond acceptors (Lipinski definition) is 2. The summed E-state index contributed by atoms with van der Waals surface area (Å²) in [7, 11) is 0. The van der Waals surface area contributed by atoms with Gasteiger partial charge in [-0.2, -0.15) is 11.8 Å². The molecule has 0 saturated carbocycles. The van der Waals surface area contributed by atoms with E-state index in [-0.39, 0.29) is 0 Å². The predicted octanol–water partition coefficient (Wildman–Crippen LogP) is 7.86. The SMILES string of the molecule is C=C(C)CSCC1=CC=C(c2cccc(C(=C)N)c2)CC1.CC.CCCC. The highest BCUT2D eigenvalue weighted by Crippen LogP contribution is 2.29. The van der Waals surface area contributed by atoms with E-state index in [2.05, 4.69) is 58.2 Å². The minimum atomic E-state index is 0.626. The summed E-state index contributed by atoms with van der Waals surface area (Å²) in [6.07, 6.45) is 9.40. The number of benzene rings is 1. The van der Waals surface area contributed by atoms with Crippen LogP contribution in [0.2, 0.25) is 0 Å². The van der Waals surface area contributed by atoms with Crippen LogP contribution in [0.3, 0.4) is 0 Å². The lowest BCUT2D eigenvalue weighted by Gasteiger charge is -2.15. The molecule has 0 bridgehead atoms. The first-order chi connectivity index (χ1) is 13.0. The first-order valence-electron chi connectivity index (χ1n) is 10.1. The Hall–Kier alpha value is -1.67. The summed E-state index contributed by atoms with van der Waals surface area (Å²) in [4.78, 5) is 0. The summed E-state index contributed by atoms with van der Waals surface area (Å²) in [5.41, 5.74) is 12.8. The van der Waals surface area contributed by atoms with E-state index in [0.717, 1.165) is 29.9 Å². The maximum Gasteiger partial charge on any atom is 0.0314 e. The third-order valence-corrected chi connectivity index (χ3v) is 5.25. The third-order valence-electron chi connectivity index (χ3n) is 3.98. The van der Waals surface area contributed by atoms with Crippen LogP contribution in [0.4, 0.5) is 0 Å². The molecule has 0 aromatic heterocycles. The third kappa shape index (κ3) is 10.9. The number of nitrogens with two attached hydrogens (primary N) is 1. The first-order valence-corrected chi connectivity index (χ1v) is 11.3. The zero-order chi connectivity index (χ0) is 20.7. The number of hydrogen-bond donors (Lipinski definition) is 1. The van der Waals surface area contributed by atoms with Crippen LogP contribution in [0.25, 0.3) is 11.3 Å². The van der Waals surface area contributed by atoms with Crippen molar-refractivity contribution < 1.29 is 0 Å². The maximum absolute atomic E-state index is 5.78. The van der Waals surface area contributed by atoms with Crippen molar-refractivity contribution in [1.82, 2.24) is 0 Å². The van der Waals surface area contributed by atoms with E-state index < -0.39 is 0 Å². The highest BCUT2D eigenvalue weighted by molar-refractivity contribution is 7.99. The van der Waals surface area contributed by atoms with E-state index in [1.54, 1.807) is 0 Å². The van der Waals surface area contributed by atoms with Crippen LogP contribution in [0.1, 0.15) is 71.4 Å². The van der Waals surface area contributed by atoms with Crippen molar-refractivity contribution in [3.05, 3.63) is 71.8 Å². The minimum absolute atomic E-state index is 0.626. The summed E-state index contributed by atoms with van der Waals surface area (Å²) >= 11 is 1.95. The molecule has 0 saturated heterocycles. The van der Waals surface area contributed by atoms with E-state index in [1.165, 1.54) is 35.1 Å². The van der Waals surface area contributed by atoms with Gasteiger partial charge in [-0.05, 0) is 42.5 Å². The molecule has 0 radical (unpaired) electrons. The zero-order valence-corrected chi connectivity index (χ0v) is 18.9. The van der Waals surface area contributed by atoms with Gasteiger partial charge in [0.2, 0.25) is 0 Å². The average Bonchev–Trinajstić information content (AvgIpc) is 2.70. The van der Waals surface area contributed by atoms with Gasteiger partial charge in [-0.1, -0.05) is 95.2 Å². The standard InChI is InChI=1S/C19H23NS.C4H10.C2H6/c1-14(2)12-21-13-16-7-9-17(10-8-16)19-6-4-5-18(11-19)15(3)20;1-3-4-2;1-2/h4-7,9,11H,1,3,8,10,12-13,20H2,2H3;3-4H2,1-2H3;1-2H3. The molecule has 2 rings (SSSR count). The molecule has 0 unspecified atom stereocenters. The van der Waals surface area contributed by atoms with Gasteiger partial charge in [0.05, 0.1) is 0 Å². The molecule has 1 aliphatic rings. The molecule has 0 amide bonds. The van der Waals surface area contributed by atoms with Crippen LogP contribution in [-0.4, -0.2) is 11.5 Å². The Bertz CT molecular complexity index is 635. The van der Waals surface area contributed by atoms with Gasteiger partial charge in [-0.15, -0.1) is 0 Å². The summed E-state index contributed by atoms with van der Waals surface area (Å²) < 4.78 is 0. The molecule has 0 fully saturated rings. The van der Waals surface area contributed by atoms with Crippen LogP contribution in [0, 0.1) is 0 Å². The summed E-state index contributed by atoms with van der Waals surface area (Å²) in [6.45, 7) is 18.2. The molecule has 0 aliphatic heterocycles. The Morgan fingerprint density at radius 1 is 1.07 bits per heavy atom. The fourth-order valence-electron chi connectivity index (χ4n) is 2.32. The van der Waals surface area contributed by atoms with Crippen molar-refractivity contribution in [2.75, 3.05) is 11.5 Å². The Morgan fingerprint density at radius 2 is 1.74 bits per heavy atom. The Morgan fingerprint density at radius 3 is 2.22 bits per heavy atom. The average molecular weight is 386 g/mol. The monoisotopic (exact) mass is 385 g/mol. The number of thioether (sulfide) groups is 1. The molecule has 1 aliphatic carbocycles. The lowest BCUT2D eigenvalue weighted by atomic mass is 9.93. The maximum atomic E-state index is 5.78. The van der Waals surface area contributed by atoms with Crippen molar-refractivity contribution in [2.45, 2.75) is 60.3 Å². The second-order valence-electron chi connectivity index (χ2n) is 6.57. The van der Waals surface area contributed by atoms with Crippen molar-refractivity contribution in [2.24, 2.45) is 5.73 Å². The van der Waals surface area contributed by atoms with E-state index in [1.807, 2.05) is 37.7 Å². The van der Waals surface area contributed by atoms with E-state index in [9.17, 15) is 0 Å². The molecule has 2 heteroatoms. The number of unbranched alkanes of at least 4 members (excludes halogenated alkanes) is 1. The van der Waals surface area contributed by atoms with Crippen molar-refractivity contribution in [3.63, 3.8) is 0 Å². The van der Waals surface area contributed by atoms with Crippen LogP contribution in [0.5, 0.6) is 0 Å². The Kier molecular flexibility index (Phi) is 14.4. The molecular weight excluding hydrogens is 346 g/mol. The Balaban J connectivity index is 0.000000998. The van der Waals surface area contributed by atoms with Crippen LogP contribution < -0.4 is 5.73 Å². The van der Waals surface area contributed by atoms with Crippen LogP contribution in [-0.2, 0) is 0 Å². The predicted molar refractivity (Wildman–Crippen MR) is 129 cm³/mol. The summed E-state index contributed by atoms with van der Waals surface area (Å²) in [5.74, 6) is 2.16. The molecule has 2 N–H and O–H groups in total. The molecular formula is C25H39NS. The second-order valence-corrected chi connectivity index (χ2v) is 7.56.